The maximum absolute atomic E-state index is 12.9. The van der Waals surface area contributed by atoms with E-state index in [1.165, 1.54) is 6.07 Å². The minimum absolute atomic E-state index is 0.229. The third kappa shape index (κ3) is 1.21. The molecule has 0 aliphatic heterocycles. The second-order valence-corrected chi connectivity index (χ2v) is 4.43. The van der Waals surface area contributed by atoms with Crippen molar-refractivity contribution in [1.29, 1.82) is 5.26 Å². The lowest BCUT2D eigenvalue weighted by molar-refractivity contribution is 0.599. The van der Waals surface area contributed by atoms with Crippen molar-refractivity contribution < 1.29 is 4.39 Å². The van der Waals surface area contributed by atoms with Crippen molar-refractivity contribution in [3.05, 3.63) is 23.1 Å². The molecule has 0 saturated heterocycles. The molecule has 0 aliphatic rings. The van der Waals surface area contributed by atoms with Crippen LogP contribution in [0.3, 0.4) is 0 Å². The van der Waals surface area contributed by atoms with Crippen LogP contribution >= 0.6 is 11.3 Å². The number of halogens is 1. The third-order valence-electron chi connectivity index (χ3n) is 2.14. The SMILES string of the molecule is CC(C)n1cc2cc(F)sc2c1C#N. The number of nitriles is 1. The molecule has 2 rings (SSSR count). The number of hydrogen-bond donors (Lipinski definition) is 0. The minimum atomic E-state index is -0.234. The van der Waals surface area contributed by atoms with E-state index in [9.17, 15) is 4.39 Å². The van der Waals surface area contributed by atoms with Crippen molar-refractivity contribution in [2.24, 2.45) is 0 Å². The Labute approximate surface area is 85.2 Å². The van der Waals surface area contributed by atoms with Crippen LogP contribution in [0.4, 0.5) is 4.39 Å². The maximum Gasteiger partial charge on any atom is 0.177 e. The molecule has 0 bridgehead atoms. The lowest BCUT2D eigenvalue weighted by atomic mass is 10.3. The molecule has 2 nitrogen and oxygen atoms in total. The largest absolute Gasteiger partial charge is 0.335 e. The average molecular weight is 208 g/mol. The molecule has 0 N–H and O–H groups in total. The molecule has 0 spiro atoms. The monoisotopic (exact) mass is 208 g/mol. The molecule has 2 aromatic rings. The number of hydrogen-bond acceptors (Lipinski definition) is 2. The fourth-order valence-electron chi connectivity index (χ4n) is 1.50. The molecule has 2 aromatic heterocycles. The summed E-state index contributed by atoms with van der Waals surface area (Å²) >= 11 is 1.03. The van der Waals surface area contributed by atoms with Gasteiger partial charge in [0, 0.05) is 17.6 Å². The highest BCUT2D eigenvalue weighted by molar-refractivity contribution is 7.17. The van der Waals surface area contributed by atoms with Gasteiger partial charge in [0.25, 0.3) is 0 Å². The zero-order valence-corrected chi connectivity index (χ0v) is 8.73. The summed E-state index contributed by atoms with van der Waals surface area (Å²) in [7, 11) is 0. The van der Waals surface area contributed by atoms with Crippen LogP contribution < -0.4 is 0 Å². The summed E-state index contributed by atoms with van der Waals surface area (Å²) in [4.78, 5) is 0. The van der Waals surface area contributed by atoms with E-state index >= 15 is 0 Å². The summed E-state index contributed by atoms with van der Waals surface area (Å²) in [6.07, 6.45) is 1.83. The number of rotatable bonds is 1. The van der Waals surface area contributed by atoms with Crippen LogP contribution in [0.1, 0.15) is 25.6 Å². The first-order valence-corrected chi connectivity index (χ1v) is 5.15. The van der Waals surface area contributed by atoms with Crippen molar-refractivity contribution >= 4 is 21.4 Å². The second kappa shape index (κ2) is 3.10. The van der Waals surface area contributed by atoms with E-state index < -0.39 is 0 Å². The maximum atomic E-state index is 12.9. The van der Waals surface area contributed by atoms with E-state index in [0.29, 0.717) is 5.69 Å². The smallest absolute Gasteiger partial charge is 0.177 e. The van der Waals surface area contributed by atoms with Crippen LogP contribution in [-0.4, -0.2) is 4.57 Å². The first-order chi connectivity index (χ1) is 6.63. The Morgan fingerprint density at radius 2 is 2.29 bits per heavy atom. The summed E-state index contributed by atoms with van der Waals surface area (Å²) < 4.78 is 15.5. The topological polar surface area (TPSA) is 28.7 Å². The Hall–Kier alpha value is -1.34. The van der Waals surface area contributed by atoms with Gasteiger partial charge in [-0.3, -0.25) is 0 Å². The van der Waals surface area contributed by atoms with E-state index in [1.54, 1.807) is 0 Å². The molecule has 0 saturated carbocycles. The Morgan fingerprint density at radius 1 is 1.57 bits per heavy atom. The molecule has 14 heavy (non-hydrogen) atoms. The predicted octanol–water partition coefficient (Wildman–Crippen LogP) is 3.29. The van der Waals surface area contributed by atoms with Gasteiger partial charge in [-0.15, -0.1) is 11.3 Å². The van der Waals surface area contributed by atoms with Crippen LogP contribution in [0.5, 0.6) is 0 Å². The van der Waals surface area contributed by atoms with E-state index in [2.05, 4.69) is 6.07 Å². The Balaban J connectivity index is 2.76. The average Bonchev–Trinajstić information content (AvgIpc) is 2.59. The third-order valence-corrected chi connectivity index (χ3v) is 3.09. The highest BCUT2D eigenvalue weighted by Gasteiger charge is 2.14. The van der Waals surface area contributed by atoms with E-state index in [0.717, 1.165) is 21.4 Å². The van der Waals surface area contributed by atoms with Crippen molar-refractivity contribution in [3.63, 3.8) is 0 Å². The summed E-state index contributed by atoms with van der Waals surface area (Å²) in [6.45, 7) is 4.00. The van der Waals surface area contributed by atoms with Crippen molar-refractivity contribution in [2.45, 2.75) is 19.9 Å². The molecule has 0 amide bonds. The van der Waals surface area contributed by atoms with Crippen LogP contribution in [0, 0.1) is 16.5 Å². The van der Waals surface area contributed by atoms with Gasteiger partial charge in [0.15, 0.2) is 5.13 Å². The van der Waals surface area contributed by atoms with Crippen LogP contribution in [0.25, 0.3) is 10.1 Å². The summed E-state index contributed by atoms with van der Waals surface area (Å²) in [5, 5.41) is 9.56. The second-order valence-electron chi connectivity index (χ2n) is 3.43. The van der Waals surface area contributed by atoms with Crippen LogP contribution in [0.2, 0.25) is 0 Å². The zero-order chi connectivity index (χ0) is 10.3. The highest BCUT2D eigenvalue weighted by Crippen LogP contribution is 2.30. The van der Waals surface area contributed by atoms with Crippen molar-refractivity contribution in [2.75, 3.05) is 0 Å². The fourth-order valence-corrected chi connectivity index (χ4v) is 2.36. The highest BCUT2D eigenvalue weighted by atomic mass is 32.1. The molecule has 0 unspecified atom stereocenters. The molecule has 0 radical (unpaired) electrons. The fraction of sp³-hybridized carbons (Fsp3) is 0.300. The van der Waals surface area contributed by atoms with Gasteiger partial charge in [-0.25, -0.2) is 0 Å². The Kier molecular flexibility index (Phi) is 2.05. The number of nitrogens with zero attached hydrogens (tertiary/aromatic N) is 2. The number of thiophene rings is 1. The van der Waals surface area contributed by atoms with Crippen LogP contribution in [-0.2, 0) is 0 Å². The van der Waals surface area contributed by atoms with Crippen LogP contribution in [0.15, 0.2) is 12.3 Å². The van der Waals surface area contributed by atoms with Gasteiger partial charge < -0.3 is 4.57 Å². The molecular weight excluding hydrogens is 199 g/mol. The molecule has 2 heterocycles. The van der Waals surface area contributed by atoms with Crippen molar-refractivity contribution in [3.8, 4) is 6.07 Å². The molecule has 72 valence electrons. The molecular formula is C10H9FN2S. The van der Waals surface area contributed by atoms with Gasteiger partial charge in [-0.1, -0.05) is 0 Å². The molecule has 0 aliphatic carbocycles. The lowest BCUT2D eigenvalue weighted by Crippen LogP contribution is -2.00. The lowest BCUT2D eigenvalue weighted by Gasteiger charge is -2.07. The Morgan fingerprint density at radius 3 is 2.86 bits per heavy atom. The predicted molar refractivity (Wildman–Crippen MR) is 54.9 cm³/mol. The molecule has 0 atom stereocenters. The quantitative estimate of drug-likeness (QED) is 0.706. The van der Waals surface area contributed by atoms with Gasteiger partial charge in [0.2, 0.25) is 0 Å². The first-order valence-electron chi connectivity index (χ1n) is 4.33. The van der Waals surface area contributed by atoms with Gasteiger partial charge in [-0.05, 0) is 19.9 Å². The standard InChI is InChI=1S/C10H9FN2S/c1-6(2)13-5-7-3-9(11)14-10(7)8(13)4-12/h3,5-6H,1-2H3. The number of aromatic nitrogens is 1. The normalized spacial score (nSPS) is 11.1. The summed E-state index contributed by atoms with van der Waals surface area (Å²) in [6, 6.07) is 3.82. The van der Waals surface area contributed by atoms with E-state index in [-0.39, 0.29) is 11.2 Å². The molecule has 4 heteroatoms. The van der Waals surface area contributed by atoms with Gasteiger partial charge in [0.05, 0.1) is 4.70 Å². The number of fused-ring (bicyclic) bond motifs is 1. The Bertz CT molecular complexity index is 516. The zero-order valence-electron chi connectivity index (χ0n) is 7.91. The van der Waals surface area contributed by atoms with Gasteiger partial charge in [-0.2, -0.15) is 9.65 Å². The summed E-state index contributed by atoms with van der Waals surface area (Å²) in [5.74, 6) is 0. The van der Waals surface area contributed by atoms with E-state index in [1.807, 2.05) is 24.6 Å². The summed E-state index contributed by atoms with van der Waals surface area (Å²) in [5.41, 5.74) is 0.559. The van der Waals surface area contributed by atoms with E-state index in [4.69, 9.17) is 5.26 Å². The van der Waals surface area contributed by atoms with Crippen molar-refractivity contribution in [1.82, 2.24) is 4.57 Å². The molecule has 0 aromatic carbocycles. The molecule has 0 fully saturated rings. The minimum Gasteiger partial charge on any atom is -0.335 e. The first kappa shape index (κ1) is 9.22. The van der Waals surface area contributed by atoms with Gasteiger partial charge >= 0.3 is 0 Å². The van der Waals surface area contributed by atoms with Gasteiger partial charge in [0.1, 0.15) is 11.8 Å².